The first-order valence-electron chi connectivity index (χ1n) is 11.1. The normalized spacial score (nSPS) is 17.3. The van der Waals surface area contributed by atoms with Gasteiger partial charge in [0.1, 0.15) is 36.6 Å². The SMILES string of the molecule is COCC(O)COCC(O)COCC(O)COCC(COC)OCC(O)COCC(O)COC. The molecule has 0 saturated carbocycles. The molecular weight excluding hydrogens is 460 g/mol. The zero-order chi connectivity index (χ0) is 25.6. The Morgan fingerprint density at radius 1 is 0.382 bits per heavy atom. The van der Waals surface area contributed by atoms with E-state index in [1.165, 1.54) is 21.3 Å². The lowest BCUT2D eigenvalue weighted by Gasteiger charge is -2.21. The number of aliphatic hydroxyl groups excluding tert-OH is 5. The Morgan fingerprint density at radius 2 is 0.676 bits per heavy atom. The third-order valence-corrected chi connectivity index (χ3v) is 4.07. The van der Waals surface area contributed by atoms with Crippen LogP contribution < -0.4 is 0 Å². The highest BCUT2D eigenvalue weighted by Gasteiger charge is 2.15. The van der Waals surface area contributed by atoms with Crippen molar-refractivity contribution in [3.8, 4) is 0 Å². The van der Waals surface area contributed by atoms with Gasteiger partial charge in [-0.05, 0) is 0 Å². The largest absolute Gasteiger partial charge is 0.388 e. The standard InChI is InChI=1S/C21H44O13/c1-27-4-16(22)6-30-8-18(24)9-32-10-19(25)11-33-15-21(14-29-3)34-13-20(26)12-31-7-17(23)5-28-2/h16-26H,4-15H2,1-3H3. The third-order valence-electron chi connectivity index (χ3n) is 4.07. The molecule has 0 aromatic heterocycles. The van der Waals surface area contributed by atoms with Crippen molar-refractivity contribution in [1.29, 1.82) is 0 Å². The van der Waals surface area contributed by atoms with E-state index in [1.807, 2.05) is 0 Å². The summed E-state index contributed by atoms with van der Waals surface area (Å²) in [6, 6.07) is 0. The summed E-state index contributed by atoms with van der Waals surface area (Å²) in [4.78, 5) is 0. The first-order chi connectivity index (χ1) is 16.3. The van der Waals surface area contributed by atoms with E-state index < -0.39 is 36.6 Å². The van der Waals surface area contributed by atoms with Gasteiger partial charge in [0.2, 0.25) is 0 Å². The molecule has 0 rings (SSSR count). The van der Waals surface area contributed by atoms with Gasteiger partial charge in [-0.15, -0.1) is 0 Å². The van der Waals surface area contributed by atoms with E-state index >= 15 is 0 Å². The van der Waals surface area contributed by atoms with Gasteiger partial charge >= 0.3 is 0 Å². The minimum Gasteiger partial charge on any atom is -0.388 e. The van der Waals surface area contributed by atoms with Gasteiger partial charge in [0, 0.05) is 21.3 Å². The highest BCUT2D eigenvalue weighted by molar-refractivity contribution is 4.62. The molecule has 6 atom stereocenters. The van der Waals surface area contributed by atoms with E-state index in [0.717, 1.165) is 0 Å². The van der Waals surface area contributed by atoms with Gasteiger partial charge in [-0.3, -0.25) is 0 Å². The molecule has 0 spiro atoms. The molecular formula is C21H44O13. The minimum atomic E-state index is -0.919. The van der Waals surface area contributed by atoms with Crippen LogP contribution in [0.5, 0.6) is 0 Å². The lowest BCUT2D eigenvalue weighted by atomic mass is 10.3. The zero-order valence-corrected chi connectivity index (χ0v) is 20.5. The van der Waals surface area contributed by atoms with Crippen molar-refractivity contribution in [3.05, 3.63) is 0 Å². The van der Waals surface area contributed by atoms with Gasteiger partial charge in [-0.2, -0.15) is 0 Å². The van der Waals surface area contributed by atoms with Crippen molar-refractivity contribution in [2.24, 2.45) is 0 Å². The Hall–Kier alpha value is -0.520. The highest BCUT2D eigenvalue weighted by atomic mass is 16.6. The molecule has 0 fully saturated rings. The molecule has 206 valence electrons. The molecule has 0 heterocycles. The summed E-state index contributed by atoms with van der Waals surface area (Å²) < 4.78 is 41.2. The number of hydrogen-bond acceptors (Lipinski definition) is 13. The number of rotatable bonds is 25. The summed E-state index contributed by atoms with van der Waals surface area (Å²) in [5.74, 6) is 0. The van der Waals surface area contributed by atoms with Gasteiger partial charge in [-0.1, -0.05) is 0 Å². The summed E-state index contributed by atoms with van der Waals surface area (Å²) in [5.41, 5.74) is 0. The second-order valence-electron chi connectivity index (χ2n) is 7.74. The van der Waals surface area contributed by atoms with Crippen LogP contribution in [0, 0.1) is 0 Å². The fourth-order valence-corrected chi connectivity index (χ4v) is 2.56. The molecule has 5 N–H and O–H groups in total. The van der Waals surface area contributed by atoms with Gasteiger partial charge in [0.25, 0.3) is 0 Å². The molecule has 0 amide bonds. The smallest absolute Gasteiger partial charge is 0.104 e. The molecule has 0 radical (unpaired) electrons. The Kier molecular flexibility index (Phi) is 22.6. The van der Waals surface area contributed by atoms with Crippen LogP contribution in [-0.4, -0.2) is 163 Å². The summed E-state index contributed by atoms with van der Waals surface area (Å²) in [6.07, 6.45) is -4.72. The molecule has 0 bridgehead atoms. The van der Waals surface area contributed by atoms with E-state index in [1.54, 1.807) is 0 Å². The van der Waals surface area contributed by atoms with Crippen LogP contribution in [-0.2, 0) is 37.9 Å². The lowest BCUT2D eigenvalue weighted by molar-refractivity contribution is -0.105. The molecule has 34 heavy (non-hydrogen) atoms. The summed E-state index contributed by atoms with van der Waals surface area (Å²) in [7, 11) is 4.44. The summed E-state index contributed by atoms with van der Waals surface area (Å²) in [6.45, 7) is 0.522. The van der Waals surface area contributed by atoms with E-state index in [-0.39, 0.29) is 79.3 Å². The first kappa shape index (κ1) is 33.5. The lowest BCUT2D eigenvalue weighted by Crippen LogP contribution is -2.33. The van der Waals surface area contributed by atoms with E-state index in [2.05, 4.69) is 0 Å². The van der Waals surface area contributed by atoms with Crippen LogP contribution in [0.1, 0.15) is 0 Å². The van der Waals surface area contributed by atoms with Gasteiger partial charge in [-0.25, -0.2) is 0 Å². The Bertz CT molecular complexity index is 431. The van der Waals surface area contributed by atoms with E-state index in [4.69, 9.17) is 37.9 Å². The average molecular weight is 505 g/mol. The Labute approximate surface area is 201 Å². The predicted octanol–water partition coefficient (Wildman–Crippen LogP) is -2.82. The topological polar surface area (TPSA) is 175 Å². The van der Waals surface area contributed by atoms with E-state index in [0.29, 0.717) is 0 Å². The Morgan fingerprint density at radius 3 is 1.03 bits per heavy atom. The molecule has 13 heteroatoms. The maximum absolute atomic E-state index is 9.94. The zero-order valence-electron chi connectivity index (χ0n) is 20.5. The van der Waals surface area contributed by atoms with Crippen molar-refractivity contribution in [1.82, 2.24) is 0 Å². The molecule has 13 nitrogen and oxygen atoms in total. The van der Waals surface area contributed by atoms with Crippen LogP contribution in [0.25, 0.3) is 0 Å². The molecule has 0 saturated heterocycles. The van der Waals surface area contributed by atoms with Crippen LogP contribution in [0.3, 0.4) is 0 Å². The van der Waals surface area contributed by atoms with Crippen molar-refractivity contribution in [2.45, 2.75) is 36.6 Å². The van der Waals surface area contributed by atoms with Crippen LogP contribution in [0.15, 0.2) is 0 Å². The summed E-state index contributed by atoms with van der Waals surface area (Å²) >= 11 is 0. The first-order valence-corrected chi connectivity index (χ1v) is 11.1. The molecule has 0 aliphatic rings. The fourth-order valence-electron chi connectivity index (χ4n) is 2.56. The maximum atomic E-state index is 9.94. The second kappa shape index (κ2) is 22.9. The van der Waals surface area contributed by atoms with E-state index in [9.17, 15) is 25.5 Å². The number of methoxy groups -OCH3 is 3. The maximum Gasteiger partial charge on any atom is 0.104 e. The second-order valence-corrected chi connectivity index (χ2v) is 7.74. The van der Waals surface area contributed by atoms with Crippen LogP contribution in [0.2, 0.25) is 0 Å². The van der Waals surface area contributed by atoms with Gasteiger partial charge in [0.15, 0.2) is 0 Å². The van der Waals surface area contributed by atoms with Crippen LogP contribution in [0.4, 0.5) is 0 Å². The monoisotopic (exact) mass is 504 g/mol. The number of ether oxygens (including phenoxy) is 8. The molecule has 0 aromatic rings. The van der Waals surface area contributed by atoms with Gasteiger partial charge < -0.3 is 63.4 Å². The third kappa shape index (κ3) is 20.8. The highest BCUT2D eigenvalue weighted by Crippen LogP contribution is 2.00. The van der Waals surface area contributed by atoms with Crippen molar-refractivity contribution in [2.75, 3.05) is 101 Å². The molecule has 0 aliphatic heterocycles. The number of aliphatic hydroxyl groups is 5. The van der Waals surface area contributed by atoms with Crippen LogP contribution >= 0.6 is 0 Å². The van der Waals surface area contributed by atoms with Crippen molar-refractivity contribution >= 4 is 0 Å². The van der Waals surface area contributed by atoms with Gasteiger partial charge in [0.05, 0.1) is 79.3 Å². The van der Waals surface area contributed by atoms with Crippen molar-refractivity contribution < 1.29 is 63.4 Å². The predicted molar refractivity (Wildman–Crippen MR) is 119 cm³/mol. The average Bonchev–Trinajstić information content (AvgIpc) is 2.78. The number of hydrogen-bond donors (Lipinski definition) is 5. The molecule has 0 aromatic carbocycles. The minimum absolute atomic E-state index is 0.0119. The molecule has 6 unspecified atom stereocenters. The fraction of sp³-hybridized carbons (Fsp3) is 1.00. The molecule has 0 aliphatic carbocycles. The summed E-state index contributed by atoms with van der Waals surface area (Å²) in [5, 5.41) is 48.6. The quantitative estimate of drug-likeness (QED) is 0.0862. The van der Waals surface area contributed by atoms with Crippen molar-refractivity contribution in [3.63, 3.8) is 0 Å². The Balaban J connectivity index is 3.89.